The number of carbonyl (C=O) groups excluding carboxylic acids is 1. The first-order valence-electron chi connectivity index (χ1n) is 9.02. The predicted octanol–water partition coefficient (Wildman–Crippen LogP) is 3.73. The van der Waals surface area contributed by atoms with Gasteiger partial charge < -0.3 is 4.90 Å². The maximum absolute atomic E-state index is 13.0. The Morgan fingerprint density at radius 1 is 1.36 bits per heavy atom. The fourth-order valence-corrected chi connectivity index (χ4v) is 4.53. The predicted molar refractivity (Wildman–Crippen MR) is 101 cm³/mol. The van der Waals surface area contributed by atoms with Gasteiger partial charge in [0, 0.05) is 30.4 Å². The zero-order valence-electron chi connectivity index (χ0n) is 14.5. The second-order valence-electron chi connectivity index (χ2n) is 6.75. The van der Waals surface area contributed by atoms with Gasteiger partial charge >= 0.3 is 0 Å². The Balaban J connectivity index is 1.50. The fourth-order valence-electron chi connectivity index (χ4n) is 3.81. The lowest BCUT2D eigenvalue weighted by Gasteiger charge is -2.35. The summed E-state index contributed by atoms with van der Waals surface area (Å²) in [6.45, 7) is 2.97. The molecular weight excluding hydrogens is 330 g/mol. The standard InChI is InChI=1S/C20H23N3OS/c1-2-9-23(18-8-7-15-5-3-4-6-16(15)12-18)19(24)13-17-14-22-10-11-25-20(22)21-17/h3-6,10-11,14,18H,2,7-9,12-13H2,1H3/t18-/m1/s1. The quantitative estimate of drug-likeness (QED) is 0.701. The normalized spacial score (nSPS) is 16.8. The second-order valence-corrected chi connectivity index (χ2v) is 7.63. The molecule has 0 saturated heterocycles. The van der Waals surface area contributed by atoms with Gasteiger partial charge in [-0.25, -0.2) is 4.98 Å². The van der Waals surface area contributed by atoms with Crippen molar-refractivity contribution in [2.45, 2.75) is 45.1 Å². The molecule has 0 saturated carbocycles. The highest BCUT2D eigenvalue weighted by atomic mass is 32.1. The van der Waals surface area contributed by atoms with E-state index >= 15 is 0 Å². The highest BCUT2D eigenvalue weighted by molar-refractivity contribution is 7.15. The van der Waals surface area contributed by atoms with Crippen LogP contribution in [0.3, 0.4) is 0 Å². The van der Waals surface area contributed by atoms with E-state index in [4.69, 9.17) is 0 Å². The average molecular weight is 353 g/mol. The number of imidazole rings is 1. The van der Waals surface area contributed by atoms with Crippen LogP contribution in [0, 0.1) is 0 Å². The highest BCUT2D eigenvalue weighted by Crippen LogP contribution is 2.25. The van der Waals surface area contributed by atoms with E-state index in [1.165, 1.54) is 11.1 Å². The zero-order valence-corrected chi connectivity index (χ0v) is 15.3. The van der Waals surface area contributed by atoms with Gasteiger partial charge in [0.05, 0.1) is 12.1 Å². The molecule has 0 unspecified atom stereocenters. The number of rotatable bonds is 5. The van der Waals surface area contributed by atoms with Gasteiger partial charge in [0.2, 0.25) is 5.91 Å². The van der Waals surface area contributed by atoms with Gasteiger partial charge in [0.1, 0.15) is 0 Å². The van der Waals surface area contributed by atoms with Crippen LogP contribution < -0.4 is 0 Å². The van der Waals surface area contributed by atoms with Crippen molar-refractivity contribution in [1.82, 2.24) is 14.3 Å². The number of thiazole rings is 1. The molecule has 25 heavy (non-hydrogen) atoms. The minimum atomic E-state index is 0.206. The molecule has 2 heterocycles. The van der Waals surface area contributed by atoms with Crippen LogP contribution in [0.15, 0.2) is 42.0 Å². The van der Waals surface area contributed by atoms with Gasteiger partial charge in [-0.1, -0.05) is 31.2 Å². The van der Waals surface area contributed by atoms with E-state index in [2.05, 4.69) is 41.1 Å². The summed E-state index contributed by atoms with van der Waals surface area (Å²) in [4.78, 5) is 20.6. The molecule has 0 aliphatic heterocycles. The minimum Gasteiger partial charge on any atom is -0.339 e. The number of carbonyl (C=O) groups is 1. The van der Waals surface area contributed by atoms with Crippen molar-refractivity contribution in [3.8, 4) is 0 Å². The van der Waals surface area contributed by atoms with E-state index in [0.717, 1.165) is 42.9 Å². The number of benzene rings is 1. The highest BCUT2D eigenvalue weighted by Gasteiger charge is 2.27. The summed E-state index contributed by atoms with van der Waals surface area (Å²) in [5, 5.41) is 2.01. The van der Waals surface area contributed by atoms with E-state index in [1.54, 1.807) is 11.3 Å². The van der Waals surface area contributed by atoms with Gasteiger partial charge in [-0.05, 0) is 36.8 Å². The van der Waals surface area contributed by atoms with Crippen molar-refractivity contribution >= 4 is 22.2 Å². The van der Waals surface area contributed by atoms with Crippen LogP contribution in [0.5, 0.6) is 0 Å². The van der Waals surface area contributed by atoms with Gasteiger partial charge in [-0.3, -0.25) is 9.20 Å². The van der Waals surface area contributed by atoms with E-state index < -0.39 is 0 Å². The van der Waals surface area contributed by atoms with Gasteiger partial charge in [0.15, 0.2) is 4.96 Å². The third kappa shape index (κ3) is 3.33. The Morgan fingerprint density at radius 3 is 3.00 bits per heavy atom. The van der Waals surface area contributed by atoms with E-state index in [9.17, 15) is 4.79 Å². The maximum Gasteiger partial charge on any atom is 0.228 e. The van der Waals surface area contributed by atoms with Crippen molar-refractivity contribution in [2.75, 3.05) is 6.54 Å². The van der Waals surface area contributed by atoms with Crippen molar-refractivity contribution in [3.05, 3.63) is 58.9 Å². The molecule has 2 aromatic heterocycles. The summed E-state index contributed by atoms with van der Waals surface area (Å²) < 4.78 is 1.99. The molecule has 0 fully saturated rings. The first kappa shape index (κ1) is 16.3. The number of hydrogen-bond acceptors (Lipinski definition) is 3. The average Bonchev–Trinajstić information content (AvgIpc) is 3.20. The van der Waals surface area contributed by atoms with Gasteiger partial charge in [-0.15, -0.1) is 11.3 Å². The van der Waals surface area contributed by atoms with Crippen LogP contribution in [-0.4, -0.2) is 32.8 Å². The monoisotopic (exact) mass is 353 g/mol. The van der Waals surface area contributed by atoms with Crippen LogP contribution in [-0.2, 0) is 24.1 Å². The lowest BCUT2D eigenvalue weighted by atomic mass is 9.87. The van der Waals surface area contributed by atoms with E-state index in [-0.39, 0.29) is 5.91 Å². The number of nitrogens with zero attached hydrogens (tertiary/aromatic N) is 3. The maximum atomic E-state index is 13.0. The van der Waals surface area contributed by atoms with Crippen LogP contribution in [0.4, 0.5) is 0 Å². The van der Waals surface area contributed by atoms with E-state index in [0.29, 0.717) is 12.5 Å². The molecule has 1 aromatic carbocycles. The number of aryl methyl sites for hydroxylation is 1. The largest absolute Gasteiger partial charge is 0.339 e. The topological polar surface area (TPSA) is 37.6 Å². The molecule has 0 spiro atoms. The summed E-state index contributed by atoms with van der Waals surface area (Å²) in [7, 11) is 0. The molecule has 1 atom stereocenters. The van der Waals surface area contributed by atoms with Crippen LogP contribution >= 0.6 is 11.3 Å². The Kier molecular flexibility index (Phi) is 4.57. The molecule has 4 nitrogen and oxygen atoms in total. The van der Waals surface area contributed by atoms with Crippen molar-refractivity contribution in [3.63, 3.8) is 0 Å². The minimum absolute atomic E-state index is 0.206. The molecular formula is C20H23N3OS. The number of hydrogen-bond donors (Lipinski definition) is 0. The summed E-state index contributed by atoms with van der Waals surface area (Å²) in [6, 6.07) is 8.95. The molecule has 1 aliphatic carbocycles. The van der Waals surface area contributed by atoms with Gasteiger partial charge in [-0.2, -0.15) is 0 Å². The lowest BCUT2D eigenvalue weighted by Crippen LogP contribution is -2.44. The second kappa shape index (κ2) is 7.00. The van der Waals surface area contributed by atoms with Gasteiger partial charge in [0.25, 0.3) is 0 Å². The Morgan fingerprint density at radius 2 is 2.20 bits per heavy atom. The van der Waals surface area contributed by atoms with Crippen molar-refractivity contribution in [2.24, 2.45) is 0 Å². The summed E-state index contributed by atoms with van der Waals surface area (Å²) in [5.74, 6) is 0.206. The number of fused-ring (bicyclic) bond motifs is 2. The Labute approximate surface area is 152 Å². The smallest absolute Gasteiger partial charge is 0.228 e. The summed E-state index contributed by atoms with van der Waals surface area (Å²) in [6.07, 6.45) is 8.44. The molecule has 0 radical (unpaired) electrons. The van der Waals surface area contributed by atoms with Crippen LogP contribution in [0.2, 0.25) is 0 Å². The zero-order chi connectivity index (χ0) is 17.2. The number of amides is 1. The van der Waals surface area contributed by atoms with E-state index in [1.807, 2.05) is 22.2 Å². The van der Waals surface area contributed by atoms with Crippen molar-refractivity contribution in [1.29, 1.82) is 0 Å². The molecule has 4 rings (SSSR count). The molecule has 130 valence electrons. The number of aromatic nitrogens is 2. The lowest BCUT2D eigenvalue weighted by molar-refractivity contribution is -0.133. The summed E-state index contributed by atoms with van der Waals surface area (Å²) in [5.41, 5.74) is 3.71. The summed E-state index contributed by atoms with van der Waals surface area (Å²) >= 11 is 1.60. The fraction of sp³-hybridized carbons (Fsp3) is 0.400. The third-order valence-electron chi connectivity index (χ3n) is 5.02. The molecule has 1 amide bonds. The SMILES string of the molecule is CCCN(C(=O)Cc1cn2ccsc2n1)[C@@H]1CCc2ccccc2C1. The first-order valence-corrected chi connectivity index (χ1v) is 9.90. The molecule has 0 bridgehead atoms. The Bertz CT molecular complexity index is 853. The first-order chi connectivity index (χ1) is 12.2. The molecule has 3 aromatic rings. The van der Waals surface area contributed by atoms with Crippen LogP contribution in [0.1, 0.15) is 36.6 Å². The molecule has 0 N–H and O–H groups in total. The van der Waals surface area contributed by atoms with Crippen molar-refractivity contribution < 1.29 is 4.79 Å². The Hall–Kier alpha value is -2.14. The molecule has 1 aliphatic rings. The third-order valence-corrected chi connectivity index (χ3v) is 5.79. The molecule has 5 heteroatoms. The van der Waals surface area contributed by atoms with Crippen LogP contribution in [0.25, 0.3) is 4.96 Å².